The van der Waals surface area contributed by atoms with E-state index in [2.05, 4.69) is 46.0 Å². The third-order valence-electron chi connectivity index (χ3n) is 5.97. The highest BCUT2D eigenvalue weighted by molar-refractivity contribution is 5.83. The first kappa shape index (κ1) is 12.9. The molecule has 3 fully saturated rings. The molecule has 5 rings (SSSR count). The van der Waals surface area contributed by atoms with Crippen molar-refractivity contribution < 1.29 is 0 Å². The molecule has 0 aliphatic heterocycles. The molecule has 0 unspecified atom stereocenters. The summed E-state index contributed by atoms with van der Waals surface area (Å²) in [5, 5.41) is 3.59. The van der Waals surface area contributed by atoms with E-state index in [1.54, 1.807) is 6.33 Å². The lowest BCUT2D eigenvalue weighted by molar-refractivity contribution is -0.105. The van der Waals surface area contributed by atoms with Crippen LogP contribution in [-0.4, -0.2) is 26.0 Å². The lowest BCUT2D eigenvalue weighted by Crippen LogP contribution is -2.58. The summed E-state index contributed by atoms with van der Waals surface area (Å²) in [5.41, 5.74) is 7.75. The number of imidazole rings is 1. The molecule has 2 aromatic heterocycles. The highest BCUT2D eigenvalue weighted by Gasteiger charge is 2.56. The maximum absolute atomic E-state index is 5.79. The molecule has 3 saturated carbocycles. The fourth-order valence-electron chi connectivity index (χ4n) is 4.47. The Morgan fingerprint density at radius 2 is 2.14 bits per heavy atom. The van der Waals surface area contributed by atoms with Gasteiger partial charge in [0.2, 0.25) is 5.95 Å². The smallest absolute Gasteiger partial charge is 0.224 e. The Labute approximate surface area is 124 Å². The maximum Gasteiger partial charge on any atom is 0.224 e. The van der Waals surface area contributed by atoms with Crippen LogP contribution >= 0.6 is 0 Å². The first-order chi connectivity index (χ1) is 9.96. The van der Waals surface area contributed by atoms with E-state index in [-0.39, 0.29) is 5.95 Å². The molecule has 2 aromatic rings. The van der Waals surface area contributed by atoms with Gasteiger partial charge in [-0.25, -0.2) is 4.98 Å². The predicted octanol–water partition coefficient (Wildman–Crippen LogP) is 2.42. The lowest BCUT2D eigenvalue weighted by Gasteiger charge is -2.62. The fourth-order valence-corrected chi connectivity index (χ4v) is 4.47. The van der Waals surface area contributed by atoms with E-state index in [9.17, 15) is 0 Å². The van der Waals surface area contributed by atoms with Crippen LogP contribution in [0, 0.1) is 23.2 Å². The van der Waals surface area contributed by atoms with Gasteiger partial charge in [-0.3, -0.25) is 0 Å². The number of nitrogen functional groups attached to an aromatic ring is 1. The van der Waals surface area contributed by atoms with Crippen molar-refractivity contribution in [3.8, 4) is 0 Å². The van der Waals surface area contributed by atoms with Crippen LogP contribution in [0.4, 0.5) is 11.8 Å². The number of rotatable bonds is 2. The summed E-state index contributed by atoms with van der Waals surface area (Å²) in [7, 11) is 0. The molecule has 0 amide bonds. The topological polar surface area (TPSA) is 92.5 Å². The molecule has 112 valence electrons. The summed E-state index contributed by atoms with van der Waals surface area (Å²) in [6.45, 7) is 7.17. The average Bonchev–Trinajstić information content (AvgIpc) is 2.88. The largest absolute Gasteiger partial charge is 0.368 e. The van der Waals surface area contributed by atoms with E-state index in [0.717, 1.165) is 23.2 Å². The van der Waals surface area contributed by atoms with Gasteiger partial charge in [0.1, 0.15) is 5.52 Å². The monoisotopic (exact) mass is 286 g/mol. The van der Waals surface area contributed by atoms with Crippen LogP contribution in [0.15, 0.2) is 6.33 Å². The van der Waals surface area contributed by atoms with Crippen molar-refractivity contribution in [3.05, 3.63) is 6.33 Å². The Kier molecular flexibility index (Phi) is 2.50. The summed E-state index contributed by atoms with van der Waals surface area (Å²) < 4.78 is 0. The zero-order valence-electron chi connectivity index (χ0n) is 12.7. The van der Waals surface area contributed by atoms with Gasteiger partial charge in [0.05, 0.1) is 6.33 Å². The predicted molar refractivity (Wildman–Crippen MR) is 82.7 cm³/mol. The van der Waals surface area contributed by atoms with E-state index >= 15 is 0 Å². The van der Waals surface area contributed by atoms with Gasteiger partial charge in [-0.1, -0.05) is 20.8 Å². The third-order valence-corrected chi connectivity index (χ3v) is 5.97. The summed E-state index contributed by atoms with van der Waals surface area (Å²) in [6.07, 6.45) is 4.20. The minimum Gasteiger partial charge on any atom is -0.368 e. The van der Waals surface area contributed by atoms with Gasteiger partial charge in [0.25, 0.3) is 0 Å². The van der Waals surface area contributed by atoms with Gasteiger partial charge in [0, 0.05) is 6.04 Å². The van der Waals surface area contributed by atoms with Gasteiger partial charge in [-0.05, 0) is 36.0 Å². The van der Waals surface area contributed by atoms with E-state index < -0.39 is 0 Å². The van der Waals surface area contributed by atoms with Crippen LogP contribution < -0.4 is 11.1 Å². The average molecular weight is 286 g/mol. The molecule has 0 saturated heterocycles. The zero-order valence-corrected chi connectivity index (χ0v) is 12.7. The number of nitrogens with one attached hydrogen (secondary N) is 2. The molecule has 6 heteroatoms. The summed E-state index contributed by atoms with van der Waals surface area (Å²) in [4.78, 5) is 15.8. The maximum atomic E-state index is 5.79. The Morgan fingerprint density at radius 1 is 1.33 bits per heavy atom. The number of nitrogens with zero attached hydrogens (tertiary/aromatic N) is 3. The molecule has 0 aromatic carbocycles. The van der Waals surface area contributed by atoms with E-state index in [1.165, 1.54) is 12.8 Å². The van der Waals surface area contributed by atoms with Crippen LogP contribution in [0.3, 0.4) is 0 Å². The number of aromatic amines is 1. The second kappa shape index (κ2) is 4.08. The first-order valence-corrected chi connectivity index (χ1v) is 7.70. The van der Waals surface area contributed by atoms with Crippen LogP contribution in [0.2, 0.25) is 0 Å². The highest BCUT2D eigenvalue weighted by atomic mass is 15.1. The Bertz CT molecular complexity index is 691. The van der Waals surface area contributed by atoms with Crippen LogP contribution in [0.1, 0.15) is 33.6 Å². The Morgan fingerprint density at radius 3 is 2.86 bits per heavy atom. The second-order valence-corrected chi connectivity index (χ2v) is 7.24. The van der Waals surface area contributed by atoms with Crippen molar-refractivity contribution in [2.45, 2.75) is 39.7 Å². The molecule has 0 radical (unpaired) electrons. The normalized spacial score (nSPS) is 33.7. The van der Waals surface area contributed by atoms with Crippen molar-refractivity contribution in [1.29, 1.82) is 0 Å². The number of aromatic nitrogens is 4. The molecule has 3 aliphatic rings. The second-order valence-electron chi connectivity index (χ2n) is 7.24. The quantitative estimate of drug-likeness (QED) is 0.788. The molecular weight excluding hydrogens is 264 g/mol. The summed E-state index contributed by atoms with van der Waals surface area (Å²) in [5.74, 6) is 3.28. The van der Waals surface area contributed by atoms with Crippen LogP contribution in [0.5, 0.6) is 0 Å². The van der Waals surface area contributed by atoms with Crippen molar-refractivity contribution in [2.75, 3.05) is 11.1 Å². The zero-order chi connectivity index (χ0) is 14.8. The Hall–Kier alpha value is -1.85. The van der Waals surface area contributed by atoms with Gasteiger partial charge in [0.15, 0.2) is 11.5 Å². The number of nitrogens with two attached hydrogens (primary N) is 1. The van der Waals surface area contributed by atoms with Crippen LogP contribution in [0.25, 0.3) is 11.2 Å². The number of fused-ring (bicyclic) bond motifs is 3. The number of anilines is 2. The number of hydrogen-bond acceptors (Lipinski definition) is 5. The molecule has 3 aliphatic carbocycles. The van der Waals surface area contributed by atoms with Gasteiger partial charge in [-0.2, -0.15) is 9.97 Å². The Balaban J connectivity index is 1.63. The highest BCUT2D eigenvalue weighted by Crippen LogP contribution is 2.61. The standard InChI is InChI=1S/C15H22N6/c1-7-9-4-8(15(9,2)3)5-10(7)19-13-11-12(18-6-17-11)20-14(16)21-13/h6-10H,4-5H2,1-3H3,(H4,16,17,18,19,20,21)/t7-,8+,9-,10-/m0/s1. The molecule has 4 N–H and O–H groups in total. The first-order valence-electron chi connectivity index (χ1n) is 7.70. The molecule has 21 heavy (non-hydrogen) atoms. The van der Waals surface area contributed by atoms with E-state index in [4.69, 9.17) is 5.73 Å². The van der Waals surface area contributed by atoms with Crippen molar-refractivity contribution in [2.24, 2.45) is 23.2 Å². The van der Waals surface area contributed by atoms with Crippen molar-refractivity contribution in [1.82, 2.24) is 19.9 Å². The molecule has 2 heterocycles. The number of hydrogen-bond donors (Lipinski definition) is 3. The molecule has 0 spiro atoms. The molecule has 6 nitrogen and oxygen atoms in total. The molecule has 4 atom stereocenters. The minimum absolute atomic E-state index is 0.281. The van der Waals surface area contributed by atoms with E-state index in [0.29, 0.717) is 23.0 Å². The fraction of sp³-hybridized carbons (Fsp3) is 0.667. The van der Waals surface area contributed by atoms with Gasteiger partial charge in [-0.15, -0.1) is 0 Å². The third kappa shape index (κ3) is 1.74. The van der Waals surface area contributed by atoms with Gasteiger partial charge < -0.3 is 16.0 Å². The van der Waals surface area contributed by atoms with Crippen molar-refractivity contribution >= 4 is 22.9 Å². The van der Waals surface area contributed by atoms with Crippen LogP contribution in [-0.2, 0) is 0 Å². The summed E-state index contributed by atoms with van der Waals surface area (Å²) in [6, 6.07) is 0.441. The molecular formula is C15H22N6. The van der Waals surface area contributed by atoms with E-state index in [1.807, 2.05) is 0 Å². The number of H-pyrrole nitrogens is 1. The summed E-state index contributed by atoms with van der Waals surface area (Å²) >= 11 is 0. The van der Waals surface area contributed by atoms with Gasteiger partial charge >= 0.3 is 0 Å². The lowest BCUT2D eigenvalue weighted by atomic mass is 9.45. The molecule has 2 bridgehead atoms. The minimum atomic E-state index is 0.281. The SMILES string of the molecule is C[C@@H]1[C@@H](Nc2nc(N)nc3[nH]cnc23)C[C@H]2C[C@@H]1C2(C)C. The van der Waals surface area contributed by atoms with Crippen molar-refractivity contribution in [3.63, 3.8) is 0 Å².